The lowest BCUT2D eigenvalue weighted by atomic mass is 10.00. The molecule has 70 valence electrons. The molecule has 0 aromatic heterocycles. The molecule has 3 heteroatoms. The molecule has 13 heavy (non-hydrogen) atoms. The number of halogens is 1. The third kappa shape index (κ3) is 1.58. The lowest BCUT2D eigenvalue weighted by Crippen LogP contribution is -2.26. The maximum Gasteiger partial charge on any atom is 0.0462 e. The Labute approximate surface area is 86.9 Å². The number of benzene rings is 1. The molecule has 0 unspecified atom stereocenters. The van der Waals surface area contributed by atoms with Gasteiger partial charge in [-0.2, -0.15) is 0 Å². The summed E-state index contributed by atoms with van der Waals surface area (Å²) in [6, 6.07) is 4.12. The SMILES string of the molecule is CN1CCc2ccc(N)c(Br)c2C1. The Morgan fingerprint density at radius 3 is 3.00 bits per heavy atom. The minimum Gasteiger partial charge on any atom is -0.398 e. The minimum atomic E-state index is 0.842. The first-order valence-electron chi connectivity index (χ1n) is 4.43. The maximum absolute atomic E-state index is 5.82. The molecule has 0 saturated carbocycles. The Morgan fingerprint density at radius 1 is 1.46 bits per heavy atom. The van der Waals surface area contributed by atoms with E-state index in [1.165, 1.54) is 11.1 Å². The number of hydrogen-bond acceptors (Lipinski definition) is 2. The van der Waals surface area contributed by atoms with Crippen molar-refractivity contribution in [3.63, 3.8) is 0 Å². The van der Waals surface area contributed by atoms with Gasteiger partial charge in [0.1, 0.15) is 0 Å². The second-order valence-electron chi connectivity index (χ2n) is 3.59. The molecule has 0 aliphatic carbocycles. The van der Waals surface area contributed by atoms with Crippen LogP contribution in [0.4, 0.5) is 5.69 Å². The topological polar surface area (TPSA) is 29.3 Å². The minimum absolute atomic E-state index is 0.842. The number of nitrogens with zero attached hydrogens (tertiary/aromatic N) is 1. The van der Waals surface area contributed by atoms with Crippen molar-refractivity contribution in [3.8, 4) is 0 Å². The van der Waals surface area contributed by atoms with Crippen molar-refractivity contribution in [1.29, 1.82) is 0 Å². The summed E-state index contributed by atoms with van der Waals surface area (Å²) in [6.07, 6.45) is 1.13. The van der Waals surface area contributed by atoms with Crippen molar-refractivity contribution < 1.29 is 0 Å². The van der Waals surface area contributed by atoms with E-state index in [1.807, 2.05) is 6.07 Å². The predicted octanol–water partition coefficient (Wildman–Crippen LogP) is 2.02. The zero-order valence-corrected chi connectivity index (χ0v) is 9.26. The fourth-order valence-electron chi connectivity index (χ4n) is 1.74. The van der Waals surface area contributed by atoms with Gasteiger partial charge in [0, 0.05) is 23.2 Å². The average molecular weight is 241 g/mol. The van der Waals surface area contributed by atoms with Gasteiger partial charge in [0.05, 0.1) is 0 Å². The molecular formula is C10H13BrN2. The molecule has 1 aromatic rings. The van der Waals surface area contributed by atoms with Crippen molar-refractivity contribution in [3.05, 3.63) is 27.7 Å². The van der Waals surface area contributed by atoms with Crippen molar-refractivity contribution in [1.82, 2.24) is 4.90 Å². The zero-order chi connectivity index (χ0) is 9.42. The lowest BCUT2D eigenvalue weighted by molar-refractivity contribution is 0.312. The highest BCUT2D eigenvalue weighted by Crippen LogP contribution is 2.30. The Balaban J connectivity index is 2.48. The molecule has 2 N–H and O–H groups in total. The molecule has 0 spiro atoms. The summed E-state index contributed by atoms with van der Waals surface area (Å²) in [5.41, 5.74) is 9.45. The van der Waals surface area contributed by atoms with Gasteiger partial charge < -0.3 is 10.6 Å². The van der Waals surface area contributed by atoms with E-state index in [4.69, 9.17) is 5.73 Å². The predicted molar refractivity (Wildman–Crippen MR) is 58.6 cm³/mol. The summed E-state index contributed by atoms with van der Waals surface area (Å²) in [5.74, 6) is 0. The first kappa shape index (κ1) is 9.03. The lowest BCUT2D eigenvalue weighted by Gasteiger charge is -2.26. The third-order valence-electron chi connectivity index (χ3n) is 2.56. The standard InChI is InChI=1S/C10H13BrN2/c1-13-5-4-7-2-3-9(12)10(11)8(7)6-13/h2-3H,4-6,12H2,1H3. The number of anilines is 1. The summed E-state index contributed by atoms with van der Waals surface area (Å²) in [7, 11) is 2.14. The molecule has 2 rings (SSSR count). The quantitative estimate of drug-likeness (QED) is 0.704. The molecule has 1 aliphatic rings. The Bertz CT molecular complexity index is 336. The van der Waals surface area contributed by atoms with Crippen molar-refractivity contribution >= 4 is 21.6 Å². The highest BCUT2D eigenvalue weighted by molar-refractivity contribution is 9.10. The van der Waals surface area contributed by atoms with Gasteiger partial charge in [-0.15, -0.1) is 0 Å². The zero-order valence-electron chi connectivity index (χ0n) is 7.68. The number of nitrogens with two attached hydrogens (primary N) is 1. The molecule has 0 bridgehead atoms. The van der Waals surface area contributed by atoms with Gasteiger partial charge in [0.2, 0.25) is 0 Å². The number of nitrogen functional groups attached to an aromatic ring is 1. The van der Waals surface area contributed by atoms with Gasteiger partial charge in [-0.3, -0.25) is 0 Å². The number of rotatable bonds is 0. The fourth-order valence-corrected chi connectivity index (χ4v) is 2.26. The van der Waals surface area contributed by atoms with Crippen LogP contribution in [0.5, 0.6) is 0 Å². The highest BCUT2D eigenvalue weighted by atomic mass is 79.9. The smallest absolute Gasteiger partial charge is 0.0462 e. The Morgan fingerprint density at radius 2 is 2.23 bits per heavy atom. The summed E-state index contributed by atoms with van der Waals surface area (Å²) < 4.78 is 1.08. The summed E-state index contributed by atoms with van der Waals surface area (Å²) in [5, 5.41) is 0. The number of hydrogen-bond donors (Lipinski definition) is 1. The van der Waals surface area contributed by atoms with Crippen LogP contribution in [-0.2, 0) is 13.0 Å². The van der Waals surface area contributed by atoms with Crippen LogP contribution in [0.25, 0.3) is 0 Å². The van der Waals surface area contributed by atoms with E-state index in [2.05, 4.69) is 33.9 Å². The Hall–Kier alpha value is -0.540. The van der Waals surface area contributed by atoms with Crippen LogP contribution in [0.15, 0.2) is 16.6 Å². The second kappa shape index (κ2) is 3.31. The Kier molecular flexibility index (Phi) is 2.30. The van der Waals surface area contributed by atoms with Crippen molar-refractivity contribution in [2.24, 2.45) is 0 Å². The van der Waals surface area contributed by atoms with E-state index < -0.39 is 0 Å². The average Bonchev–Trinajstić information content (AvgIpc) is 2.12. The highest BCUT2D eigenvalue weighted by Gasteiger charge is 2.16. The molecule has 2 nitrogen and oxygen atoms in total. The van der Waals surface area contributed by atoms with Crippen LogP contribution < -0.4 is 5.73 Å². The fraction of sp³-hybridized carbons (Fsp3) is 0.400. The summed E-state index contributed by atoms with van der Waals surface area (Å²) in [4.78, 5) is 2.31. The van der Waals surface area contributed by atoms with E-state index in [-0.39, 0.29) is 0 Å². The van der Waals surface area contributed by atoms with Crippen LogP contribution in [0.1, 0.15) is 11.1 Å². The van der Waals surface area contributed by atoms with Gasteiger partial charge >= 0.3 is 0 Å². The first-order chi connectivity index (χ1) is 6.18. The van der Waals surface area contributed by atoms with Crippen molar-refractivity contribution in [2.45, 2.75) is 13.0 Å². The molecule has 0 radical (unpaired) electrons. The molecular weight excluding hydrogens is 228 g/mol. The summed E-state index contributed by atoms with van der Waals surface area (Å²) >= 11 is 3.54. The van der Waals surface area contributed by atoms with E-state index in [1.54, 1.807) is 0 Å². The first-order valence-corrected chi connectivity index (χ1v) is 5.22. The number of likely N-dealkylation sites (N-methyl/N-ethyl adjacent to an activating group) is 1. The molecule has 1 aromatic carbocycles. The van der Waals surface area contributed by atoms with Crippen LogP contribution in [0.3, 0.4) is 0 Å². The maximum atomic E-state index is 5.82. The normalized spacial score (nSPS) is 17.1. The number of fused-ring (bicyclic) bond motifs is 1. The van der Waals surface area contributed by atoms with Gasteiger partial charge in [0.15, 0.2) is 0 Å². The van der Waals surface area contributed by atoms with Crippen LogP contribution >= 0.6 is 15.9 Å². The van der Waals surface area contributed by atoms with Gasteiger partial charge in [-0.05, 0) is 46.6 Å². The molecule has 0 fully saturated rings. The third-order valence-corrected chi connectivity index (χ3v) is 3.50. The van der Waals surface area contributed by atoms with E-state index in [0.29, 0.717) is 0 Å². The van der Waals surface area contributed by atoms with Crippen LogP contribution in [-0.4, -0.2) is 18.5 Å². The monoisotopic (exact) mass is 240 g/mol. The van der Waals surface area contributed by atoms with Crippen LogP contribution in [0, 0.1) is 0 Å². The van der Waals surface area contributed by atoms with Gasteiger partial charge in [-0.25, -0.2) is 0 Å². The molecule has 0 atom stereocenters. The van der Waals surface area contributed by atoms with E-state index in [0.717, 1.165) is 29.7 Å². The van der Waals surface area contributed by atoms with E-state index in [9.17, 15) is 0 Å². The van der Waals surface area contributed by atoms with Crippen LogP contribution in [0.2, 0.25) is 0 Å². The molecule has 1 aliphatic heterocycles. The molecule has 0 amide bonds. The summed E-state index contributed by atoms with van der Waals surface area (Å²) in [6.45, 7) is 2.14. The van der Waals surface area contributed by atoms with Gasteiger partial charge in [-0.1, -0.05) is 6.07 Å². The van der Waals surface area contributed by atoms with Gasteiger partial charge in [0.25, 0.3) is 0 Å². The second-order valence-corrected chi connectivity index (χ2v) is 4.39. The largest absolute Gasteiger partial charge is 0.398 e. The van der Waals surface area contributed by atoms with Crippen molar-refractivity contribution in [2.75, 3.05) is 19.3 Å². The molecule has 1 heterocycles. The molecule has 0 saturated heterocycles. The van der Waals surface area contributed by atoms with E-state index >= 15 is 0 Å².